The predicted molar refractivity (Wildman–Crippen MR) is 72.3 cm³/mol. The summed E-state index contributed by atoms with van der Waals surface area (Å²) in [4.78, 5) is 19.0. The fourth-order valence-corrected chi connectivity index (χ4v) is 2.39. The highest BCUT2D eigenvalue weighted by atomic mass is 79.9. The van der Waals surface area contributed by atoms with Gasteiger partial charge in [-0.25, -0.2) is 4.98 Å². The number of hydrogen-bond acceptors (Lipinski definition) is 2. The third kappa shape index (κ3) is 1.56. The maximum Gasteiger partial charge on any atom is 0.257 e. The van der Waals surface area contributed by atoms with Crippen LogP contribution in [0.4, 0.5) is 0 Å². The summed E-state index contributed by atoms with van der Waals surface area (Å²) in [5.41, 5.74) is 2.64. The molecule has 0 saturated carbocycles. The third-order valence-corrected chi connectivity index (χ3v) is 3.45. The van der Waals surface area contributed by atoms with Crippen LogP contribution in [0.15, 0.2) is 39.7 Å². The molecule has 0 amide bonds. The Morgan fingerprint density at radius 1 is 1.29 bits per heavy atom. The SMILES string of the molecule is Cc1cccc2cc3c(=O)[nH]cc(Br)c3nc12. The molecule has 1 aromatic carbocycles. The Morgan fingerprint density at radius 2 is 2.12 bits per heavy atom. The Balaban J connectivity index is 2.62. The molecule has 0 saturated heterocycles. The van der Waals surface area contributed by atoms with E-state index in [1.807, 2.05) is 31.2 Å². The van der Waals surface area contributed by atoms with Crippen molar-refractivity contribution < 1.29 is 0 Å². The van der Waals surface area contributed by atoms with E-state index in [-0.39, 0.29) is 5.56 Å². The molecular weight excluding hydrogens is 280 g/mol. The van der Waals surface area contributed by atoms with Crippen LogP contribution in [0.25, 0.3) is 21.8 Å². The maximum atomic E-state index is 11.7. The van der Waals surface area contributed by atoms with E-state index in [4.69, 9.17) is 0 Å². The zero-order valence-corrected chi connectivity index (χ0v) is 10.7. The van der Waals surface area contributed by atoms with Crippen molar-refractivity contribution in [2.75, 3.05) is 0 Å². The molecule has 17 heavy (non-hydrogen) atoms. The van der Waals surface area contributed by atoms with Crippen molar-refractivity contribution in [1.82, 2.24) is 9.97 Å². The van der Waals surface area contributed by atoms with Crippen LogP contribution in [0.3, 0.4) is 0 Å². The summed E-state index contributed by atoms with van der Waals surface area (Å²) in [6.07, 6.45) is 1.63. The van der Waals surface area contributed by atoms with Gasteiger partial charge in [0, 0.05) is 11.6 Å². The molecule has 0 bridgehead atoms. The Hall–Kier alpha value is -1.68. The number of aromatic nitrogens is 2. The van der Waals surface area contributed by atoms with Crippen LogP contribution < -0.4 is 5.56 Å². The fourth-order valence-electron chi connectivity index (χ4n) is 1.98. The summed E-state index contributed by atoms with van der Waals surface area (Å²) in [5, 5.41) is 1.60. The average molecular weight is 289 g/mol. The first-order chi connectivity index (χ1) is 8.16. The number of nitrogens with one attached hydrogen (secondary N) is 1. The second-order valence-electron chi connectivity index (χ2n) is 4.00. The number of aryl methyl sites for hydroxylation is 1. The van der Waals surface area contributed by atoms with Crippen LogP contribution in [-0.4, -0.2) is 9.97 Å². The lowest BCUT2D eigenvalue weighted by Gasteiger charge is -2.04. The van der Waals surface area contributed by atoms with Crippen molar-refractivity contribution in [3.05, 3.63) is 50.9 Å². The van der Waals surface area contributed by atoms with Gasteiger partial charge in [0.1, 0.15) is 0 Å². The lowest BCUT2D eigenvalue weighted by molar-refractivity contribution is 1.25. The number of benzene rings is 1. The summed E-state index contributed by atoms with van der Waals surface area (Å²) < 4.78 is 0.803. The summed E-state index contributed by atoms with van der Waals surface area (Å²) >= 11 is 3.41. The number of fused-ring (bicyclic) bond motifs is 2. The summed E-state index contributed by atoms with van der Waals surface area (Å²) in [6, 6.07) is 7.84. The van der Waals surface area contributed by atoms with Crippen molar-refractivity contribution in [3.8, 4) is 0 Å². The zero-order valence-electron chi connectivity index (χ0n) is 9.12. The van der Waals surface area contributed by atoms with E-state index in [9.17, 15) is 4.79 Å². The summed E-state index contributed by atoms with van der Waals surface area (Å²) in [7, 11) is 0. The van der Waals surface area contributed by atoms with Crippen molar-refractivity contribution in [2.24, 2.45) is 0 Å². The van der Waals surface area contributed by atoms with Crippen LogP contribution in [0.1, 0.15) is 5.56 Å². The van der Waals surface area contributed by atoms with Gasteiger partial charge in [0.2, 0.25) is 0 Å². The van der Waals surface area contributed by atoms with Crippen LogP contribution in [0.5, 0.6) is 0 Å². The van der Waals surface area contributed by atoms with Crippen LogP contribution >= 0.6 is 15.9 Å². The van der Waals surface area contributed by atoms with E-state index in [1.165, 1.54) is 0 Å². The number of rotatable bonds is 0. The third-order valence-electron chi connectivity index (χ3n) is 2.85. The smallest absolute Gasteiger partial charge is 0.257 e. The molecule has 2 aromatic heterocycles. The number of para-hydroxylation sites is 1. The second-order valence-corrected chi connectivity index (χ2v) is 4.85. The standard InChI is InChI=1S/C13H9BrN2O/c1-7-3-2-4-8-5-9-12(16-11(7)8)10(14)6-15-13(9)17/h2-6H,1H3,(H,15,17). The highest BCUT2D eigenvalue weighted by molar-refractivity contribution is 9.10. The Kier molecular flexibility index (Phi) is 2.26. The van der Waals surface area contributed by atoms with Gasteiger partial charge in [-0.05, 0) is 34.5 Å². The quantitative estimate of drug-likeness (QED) is 0.646. The number of nitrogens with zero attached hydrogens (tertiary/aromatic N) is 1. The van der Waals surface area contributed by atoms with Crippen LogP contribution in [0.2, 0.25) is 0 Å². The van der Waals surface area contributed by atoms with Gasteiger partial charge in [-0.2, -0.15) is 0 Å². The molecule has 0 spiro atoms. The van der Waals surface area contributed by atoms with Gasteiger partial charge in [-0.1, -0.05) is 18.2 Å². The van der Waals surface area contributed by atoms with Crippen molar-refractivity contribution in [1.29, 1.82) is 0 Å². The minimum atomic E-state index is -0.112. The van der Waals surface area contributed by atoms with Crippen molar-refractivity contribution in [2.45, 2.75) is 6.92 Å². The van der Waals surface area contributed by atoms with E-state index >= 15 is 0 Å². The average Bonchev–Trinajstić information content (AvgIpc) is 2.33. The monoisotopic (exact) mass is 288 g/mol. The Bertz CT molecular complexity index is 792. The van der Waals surface area contributed by atoms with Gasteiger partial charge in [0.05, 0.1) is 20.9 Å². The van der Waals surface area contributed by atoms with E-state index in [0.717, 1.165) is 20.9 Å². The summed E-state index contributed by atoms with van der Waals surface area (Å²) in [5.74, 6) is 0. The van der Waals surface area contributed by atoms with Gasteiger partial charge in [-0.15, -0.1) is 0 Å². The molecular formula is C13H9BrN2O. The second kappa shape index (κ2) is 3.67. The molecule has 0 aliphatic rings. The minimum Gasteiger partial charge on any atom is -0.327 e. The highest BCUT2D eigenvalue weighted by Gasteiger charge is 2.07. The van der Waals surface area contributed by atoms with Gasteiger partial charge < -0.3 is 4.98 Å². The van der Waals surface area contributed by atoms with Crippen LogP contribution in [0, 0.1) is 6.92 Å². The van der Waals surface area contributed by atoms with E-state index in [2.05, 4.69) is 25.9 Å². The van der Waals surface area contributed by atoms with Crippen LogP contribution in [-0.2, 0) is 0 Å². The molecule has 1 N–H and O–H groups in total. The molecule has 3 rings (SSSR count). The Morgan fingerprint density at radius 3 is 2.94 bits per heavy atom. The molecule has 2 heterocycles. The predicted octanol–water partition coefficient (Wildman–Crippen LogP) is 3.15. The largest absolute Gasteiger partial charge is 0.327 e. The van der Waals surface area contributed by atoms with E-state index in [1.54, 1.807) is 6.20 Å². The first-order valence-corrected chi connectivity index (χ1v) is 6.03. The molecule has 0 aliphatic heterocycles. The number of halogens is 1. The van der Waals surface area contributed by atoms with Crippen molar-refractivity contribution >= 4 is 37.7 Å². The molecule has 0 radical (unpaired) electrons. The minimum absolute atomic E-state index is 0.112. The number of H-pyrrole nitrogens is 1. The molecule has 3 aromatic rings. The zero-order chi connectivity index (χ0) is 12.0. The van der Waals surface area contributed by atoms with E-state index < -0.39 is 0 Å². The molecule has 0 unspecified atom stereocenters. The number of pyridine rings is 2. The first kappa shape index (κ1) is 10.5. The Labute approximate surface area is 106 Å². The molecule has 0 fully saturated rings. The summed E-state index contributed by atoms with van der Waals surface area (Å²) in [6.45, 7) is 2.02. The van der Waals surface area contributed by atoms with Crippen molar-refractivity contribution in [3.63, 3.8) is 0 Å². The van der Waals surface area contributed by atoms with Gasteiger partial charge in [0.25, 0.3) is 5.56 Å². The topological polar surface area (TPSA) is 45.8 Å². The maximum absolute atomic E-state index is 11.7. The molecule has 0 aliphatic carbocycles. The van der Waals surface area contributed by atoms with Gasteiger partial charge in [0.15, 0.2) is 0 Å². The first-order valence-electron chi connectivity index (χ1n) is 5.24. The highest BCUT2D eigenvalue weighted by Crippen LogP contribution is 2.24. The molecule has 3 nitrogen and oxygen atoms in total. The molecule has 84 valence electrons. The van der Waals surface area contributed by atoms with E-state index in [0.29, 0.717) is 10.9 Å². The number of aromatic amines is 1. The lowest BCUT2D eigenvalue weighted by Crippen LogP contribution is -2.06. The molecule has 0 atom stereocenters. The van der Waals surface area contributed by atoms with Gasteiger partial charge >= 0.3 is 0 Å². The van der Waals surface area contributed by atoms with Gasteiger partial charge in [-0.3, -0.25) is 4.79 Å². The molecule has 4 heteroatoms. The normalized spacial score (nSPS) is 11.2. The number of hydrogen-bond donors (Lipinski definition) is 1. The fraction of sp³-hybridized carbons (Fsp3) is 0.0769. The lowest BCUT2D eigenvalue weighted by atomic mass is 10.1.